The number of halogens is 1. The van der Waals surface area contributed by atoms with Crippen molar-refractivity contribution in [1.82, 2.24) is 4.57 Å². The van der Waals surface area contributed by atoms with E-state index in [1.165, 1.54) is 16.2 Å². The van der Waals surface area contributed by atoms with E-state index in [9.17, 15) is 9.18 Å². The highest BCUT2D eigenvalue weighted by Gasteiger charge is 2.37. The highest BCUT2D eigenvalue weighted by atomic mass is 19.1. The van der Waals surface area contributed by atoms with Crippen LogP contribution in [0.3, 0.4) is 0 Å². The monoisotopic (exact) mass is 389 g/mol. The van der Waals surface area contributed by atoms with Gasteiger partial charge in [0.2, 0.25) is 0 Å². The van der Waals surface area contributed by atoms with Crippen LogP contribution in [-0.4, -0.2) is 17.7 Å². The summed E-state index contributed by atoms with van der Waals surface area (Å²) in [6.07, 6.45) is 1.16. The maximum Gasteiger partial charge on any atom is 0.258 e. The first-order valence-corrected chi connectivity index (χ1v) is 10.5. The van der Waals surface area contributed by atoms with Crippen molar-refractivity contribution in [3.8, 4) is 11.1 Å². The summed E-state index contributed by atoms with van der Waals surface area (Å²) < 4.78 is 15.2. The number of nitrogens with zero attached hydrogens (tertiary/aromatic N) is 1. The van der Waals surface area contributed by atoms with Gasteiger partial charge in [-0.25, -0.2) is 4.39 Å². The number of likely N-dealkylation sites (tertiary alicyclic amines) is 1. The lowest BCUT2D eigenvalue weighted by atomic mass is 9.82. The van der Waals surface area contributed by atoms with Crippen LogP contribution in [0.1, 0.15) is 29.2 Å². The van der Waals surface area contributed by atoms with Crippen LogP contribution >= 0.6 is 0 Å². The number of benzene rings is 2. The van der Waals surface area contributed by atoms with Crippen molar-refractivity contribution in [3.05, 3.63) is 93.7 Å². The van der Waals surface area contributed by atoms with Gasteiger partial charge in [0, 0.05) is 35.2 Å². The molecule has 2 aromatic carbocycles. The molecule has 1 fully saturated rings. The third-order valence-electron chi connectivity index (χ3n) is 6.60. The van der Waals surface area contributed by atoms with Gasteiger partial charge < -0.3 is 9.47 Å². The van der Waals surface area contributed by atoms with Crippen molar-refractivity contribution < 1.29 is 9.29 Å². The molecule has 5 rings (SSSR count). The molecule has 4 heteroatoms. The van der Waals surface area contributed by atoms with E-state index in [2.05, 4.69) is 19.1 Å². The predicted molar refractivity (Wildman–Crippen MR) is 113 cm³/mol. The van der Waals surface area contributed by atoms with Gasteiger partial charge in [-0.1, -0.05) is 36.4 Å². The van der Waals surface area contributed by atoms with Crippen molar-refractivity contribution in [1.29, 1.82) is 0 Å². The molecule has 1 saturated heterocycles. The summed E-state index contributed by atoms with van der Waals surface area (Å²) in [7, 11) is 0. The molecule has 2 aliphatic heterocycles. The highest BCUT2D eigenvalue weighted by molar-refractivity contribution is 5.66. The number of hydrogen-bond donors (Lipinski definition) is 1. The quantitative estimate of drug-likeness (QED) is 0.732. The fraction of sp³-hybridized carbons (Fsp3) is 0.320. The van der Waals surface area contributed by atoms with E-state index in [0.29, 0.717) is 11.8 Å². The first kappa shape index (κ1) is 18.3. The van der Waals surface area contributed by atoms with Gasteiger partial charge in [0.05, 0.1) is 13.1 Å². The third kappa shape index (κ3) is 3.42. The minimum Gasteiger partial charge on any atom is -0.330 e. The Kier molecular flexibility index (Phi) is 4.59. The van der Waals surface area contributed by atoms with Crippen LogP contribution in [0.25, 0.3) is 11.1 Å². The molecular weight excluding hydrogens is 363 g/mol. The fourth-order valence-corrected chi connectivity index (χ4v) is 5.28. The summed E-state index contributed by atoms with van der Waals surface area (Å²) in [6, 6.07) is 19.2. The van der Waals surface area contributed by atoms with E-state index in [1.54, 1.807) is 12.1 Å². The number of nitrogens with one attached hydrogen (secondary N) is 1. The largest absolute Gasteiger partial charge is 0.330 e. The molecule has 0 aliphatic carbocycles. The van der Waals surface area contributed by atoms with Crippen LogP contribution < -0.4 is 10.5 Å². The molecule has 0 amide bonds. The van der Waals surface area contributed by atoms with E-state index >= 15 is 0 Å². The first-order valence-electron chi connectivity index (χ1n) is 10.5. The number of quaternary nitrogens is 1. The van der Waals surface area contributed by atoms with Crippen molar-refractivity contribution >= 4 is 0 Å². The number of hydrogen-bond acceptors (Lipinski definition) is 1. The van der Waals surface area contributed by atoms with Crippen LogP contribution in [0.4, 0.5) is 4.39 Å². The molecule has 0 saturated carbocycles. The van der Waals surface area contributed by atoms with Gasteiger partial charge in [0.25, 0.3) is 5.56 Å². The van der Waals surface area contributed by atoms with E-state index in [1.807, 2.05) is 41.0 Å². The van der Waals surface area contributed by atoms with Gasteiger partial charge >= 0.3 is 0 Å². The van der Waals surface area contributed by atoms with Crippen LogP contribution in [0.15, 0.2) is 65.5 Å². The minimum absolute atomic E-state index is 0.147. The molecule has 1 N–H and O–H groups in total. The average molecular weight is 389 g/mol. The Morgan fingerprint density at radius 3 is 2.59 bits per heavy atom. The minimum atomic E-state index is -0.183. The molecule has 148 valence electrons. The average Bonchev–Trinajstić information content (AvgIpc) is 2.71. The van der Waals surface area contributed by atoms with Crippen molar-refractivity contribution in [3.63, 3.8) is 0 Å². The second kappa shape index (κ2) is 7.27. The molecule has 0 radical (unpaired) electrons. The van der Waals surface area contributed by atoms with E-state index < -0.39 is 0 Å². The second-order valence-corrected chi connectivity index (χ2v) is 8.66. The molecule has 29 heavy (non-hydrogen) atoms. The molecule has 0 spiro atoms. The lowest BCUT2D eigenvalue weighted by Crippen LogP contribution is -3.13. The summed E-state index contributed by atoms with van der Waals surface area (Å²) in [5.74, 6) is 0.745. The molecular formula is C25H26FN2O+. The van der Waals surface area contributed by atoms with Gasteiger partial charge in [0.15, 0.2) is 0 Å². The smallest absolute Gasteiger partial charge is 0.258 e. The summed E-state index contributed by atoms with van der Waals surface area (Å²) >= 11 is 0. The Morgan fingerprint density at radius 2 is 1.79 bits per heavy atom. The molecule has 1 unspecified atom stereocenters. The second-order valence-electron chi connectivity index (χ2n) is 8.66. The van der Waals surface area contributed by atoms with E-state index in [-0.39, 0.29) is 11.4 Å². The molecule has 2 aliphatic rings. The van der Waals surface area contributed by atoms with Crippen LogP contribution in [-0.2, 0) is 13.1 Å². The number of rotatable bonds is 3. The van der Waals surface area contributed by atoms with Gasteiger partial charge in [-0.3, -0.25) is 4.79 Å². The van der Waals surface area contributed by atoms with Crippen LogP contribution in [0, 0.1) is 18.7 Å². The summed E-state index contributed by atoms with van der Waals surface area (Å²) in [5.41, 5.74) is 5.48. The number of piperidine rings is 1. The number of fused-ring (bicyclic) bond motifs is 4. The Hall–Kier alpha value is -2.72. The van der Waals surface area contributed by atoms with Crippen LogP contribution in [0.5, 0.6) is 0 Å². The topological polar surface area (TPSA) is 26.4 Å². The normalized spacial score (nSPS) is 22.9. The summed E-state index contributed by atoms with van der Waals surface area (Å²) in [4.78, 5) is 14.8. The van der Waals surface area contributed by atoms with Gasteiger partial charge in [-0.15, -0.1) is 0 Å². The Labute approximate surface area is 170 Å². The zero-order valence-electron chi connectivity index (χ0n) is 16.7. The highest BCUT2D eigenvalue weighted by Crippen LogP contribution is 2.32. The van der Waals surface area contributed by atoms with Gasteiger partial charge in [-0.2, -0.15) is 0 Å². The molecule has 1 aromatic heterocycles. The lowest BCUT2D eigenvalue weighted by Gasteiger charge is -2.40. The van der Waals surface area contributed by atoms with Crippen molar-refractivity contribution in [2.75, 3.05) is 13.1 Å². The SMILES string of the molecule is Cc1ccccc1-c1ccc2n(c1=O)C[C@H]1C[C@@H]2C[NH+](Cc2ccc(F)cc2)C1. The van der Waals surface area contributed by atoms with E-state index in [0.717, 1.165) is 49.3 Å². The van der Waals surface area contributed by atoms with Crippen LogP contribution in [0.2, 0.25) is 0 Å². The Morgan fingerprint density at radius 1 is 1.00 bits per heavy atom. The summed E-state index contributed by atoms with van der Waals surface area (Å²) in [6.45, 7) is 5.87. The molecule has 3 aromatic rings. The maximum absolute atomic E-state index is 13.3. The molecule has 2 bridgehead atoms. The first-order chi connectivity index (χ1) is 14.1. The molecule has 3 atom stereocenters. The van der Waals surface area contributed by atoms with Crippen molar-refractivity contribution in [2.45, 2.75) is 32.4 Å². The van der Waals surface area contributed by atoms with Gasteiger partial charge in [0.1, 0.15) is 12.4 Å². The number of pyridine rings is 1. The Balaban J connectivity index is 1.43. The fourth-order valence-electron chi connectivity index (χ4n) is 5.28. The zero-order chi connectivity index (χ0) is 20.0. The number of aromatic nitrogens is 1. The van der Waals surface area contributed by atoms with Gasteiger partial charge in [-0.05, 0) is 48.7 Å². The predicted octanol–water partition coefficient (Wildman–Crippen LogP) is 3.17. The van der Waals surface area contributed by atoms with E-state index in [4.69, 9.17) is 0 Å². The standard InChI is InChI=1S/C25H25FN2O/c1-17-4-2-3-5-22(17)23-10-11-24-20-12-19(15-28(24)25(23)29)14-27(16-20)13-18-6-8-21(26)9-7-18/h2-11,19-20H,12-16H2,1H3/p+1/t19-,20+/m0/s1. The third-order valence-corrected chi connectivity index (χ3v) is 6.60. The number of aryl methyl sites for hydroxylation is 1. The maximum atomic E-state index is 13.3. The Bertz CT molecular complexity index is 1100. The van der Waals surface area contributed by atoms with Crippen molar-refractivity contribution in [2.24, 2.45) is 5.92 Å². The molecule has 3 heterocycles. The lowest BCUT2D eigenvalue weighted by molar-refractivity contribution is -0.924. The molecule has 3 nitrogen and oxygen atoms in total. The summed E-state index contributed by atoms with van der Waals surface area (Å²) in [5, 5.41) is 0. The zero-order valence-corrected chi connectivity index (χ0v) is 16.7.